The Morgan fingerprint density at radius 2 is 1.29 bits per heavy atom. The van der Waals surface area contributed by atoms with E-state index in [0.29, 0.717) is 11.8 Å². The van der Waals surface area contributed by atoms with Crippen LogP contribution < -0.4 is 4.74 Å². The molecule has 1 unspecified atom stereocenters. The molecule has 0 aliphatic heterocycles. The molecule has 0 spiro atoms. The number of rotatable bonds is 2. The van der Waals surface area contributed by atoms with Gasteiger partial charge in [0.15, 0.2) is 0 Å². The van der Waals surface area contributed by atoms with Crippen LogP contribution in [0.1, 0.15) is 0 Å². The molecule has 0 bridgehead atoms. The first-order chi connectivity index (χ1) is 6.45. The van der Waals surface area contributed by atoms with Gasteiger partial charge in [-0.15, -0.1) is 0 Å². The first kappa shape index (κ1) is 10.6. The average Bonchev–Trinajstić information content (AvgIpc) is 2.21. The molecule has 0 amide bonds. The third-order valence-corrected chi connectivity index (χ3v) is 1.48. The molecule has 2 heterocycles. The lowest BCUT2D eigenvalue weighted by atomic mass is 10.5. The maximum Gasteiger partial charge on any atom is 0.221 e. The zero-order valence-electron chi connectivity index (χ0n) is 7.63. The quantitative estimate of drug-likeness (QED) is 0.707. The van der Waals surface area contributed by atoms with Crippen molar-refractivity contribution in [3.63, 3.8) is 0 Å². The Morgan fingerprint density at radius 1 is 0.786 bits per heavy atom. The molecule has 1 atom stereocenters. The fourth-order valence-electron chi connectivity index (χ4n) is 0.922. The van der Waals surface area contributed by atoms with Gasteiger partial charge in [-0.2, -0.15) is 9.90 Å². The highest BCUT2D eigenvalue weighted by atomic mass is 31.0. The molecule has 72 valence electrons. The van der Waals surface area contributed by atoms with E-state index in [0.717, 1.165) is 0 Å². The van der Waals surface area contributed by atoms with Crippen LogP contribution in [-0.2, 0) is 0 Å². The smallest absolute Gasteiger partial charge is 0.221 e. The van der Waals surface area contributed by atoms with E-state index in [2.05, 4.69) is 9.97 Å². The highest BCUT2D eigenvalue weighted by Gasteiger charge is 1.95. The number of pyridine rings is 2. The van der Waals surface area contributed by atoms with Gasteiger partial charge in [0.1, 0.15) is 0 Å². The molecule has 0 aromatic carbocycles. The van der Waals surface area contributed by atoms with Gasteiger partial charge < -0.3 is 4.74 Å². The summed E-state index contributed by atoms with van der Waals surface area (Å²) in [5.41, 5.74) is 0. The summed E-state index contributed by atoms with van der Waals surface area (Å²) in [5, 5.41) is 0. The Hall–Kier alpha value is -1.47. The lowest BCUT2D eigenvalue weighted by Gasteiger charge is -2.00. The second-order valence-corrected chi connectivity index (χ2v) is 2.44. The molecule has 0 saturated carbocycles. The maximum atomic E-state index is 5.36. The van der Waals surface area contributed by atoms with Crippen LogP contribution >= 0.6 is 9.90 Å². The zero-order chi connectivity index (χ0) is 8.93. The van der Waals surface area contributed by atoms with Crippen LogP contribution in [0.3, 0.4) is 0 Å². The number of hydrogen-bond acceptors (Lipinski definition) is 3. The number of ether oxygens (including phenoxy) is 1. The molecule has 4 heteroatoms. The van der Waals surface area contributed by atoms with Crippen molar-refractivity contribution >= 4 is 9.90 Å². The predicted octanol–water partition coefficient (Wildman–Crippen LogP) is 2.33. The van der Waals surface area contributed by atoms with E-state index < -0.39 is 0 Å². The van der Waals surface area contributed by atoms with Crippen molar-refractivity contribution in [1.29, 1.82) is 0 Å². The molecule has 2 rings (SSSR count). The predicted molar refractivity (Wildman–Crippen MR) is 59.7 cm³/mol. The fraction of sp³-hybridized carbons (Fsp3) is 0. The first-order valence-electron chi connectivity index (χ1n) is 3.95. The van der Waals surface area contributed by atoms with Crippen LogP contribution in [0.4, 0.5) is 0 Å². The number of hydrogen-bond donors (Lipinski definition) is 0. The second-order valence-electron chi connectivity index (χ2n) is 2.44. The normalized spacial score (nSPS) is 8.86. The minimum absolute atomic E-state index is 0. The van der Waals surface area contributed by atoms with Crippen molar-refractivity contribution in [1.82, 2.24) is 9.97 Å². The molecule has 0 aliphatic carbocycles. The van der Waals surface area contributed by atoms with E-state index in [1.807, 2.05) is 24.3 Å². The Balaban J connectivity index is 0.000000980. The molecule has 14 heavy (non-hydrogen) atoms. The Labute approximate surface area is 85.8 Å². The maximum absolute atomic E-state index is 5.36. The van der Waals surface area contributed by atoms with Gasteiger partial charge in [0, 0.05) is 24.5 Å². The molecule has 0 radical (unpaired) electrons. The van der Waals surface area contributed by atoms with Crippen LogP contribution in [0.15, 0.2) is 48.8 Å². The summed E-state index contributed by atoms with van der Waals surface area (Å²) in [6.07, 6.45) is 3.36. The molecule has 2 aromatic rings. The van der Waals surface area contributed by atoms with Crippen LogP contribution in [0.2, 0.25) is 0 Å². The standard InChI is InChI=1S/C10H8N2O.H3P/c1-3-7-11-9(5-1)13-10-6-2-4-8-12-10;/h1-8H;1H3. The van der Waals surface area contributed by atoms with Crippen LogP contribution in [0.25, 0.3) is 0 Å². The lowest BCUT2D eigenvalue weighted by Crippen LogP contribution is -1.88. The summed E-state index contributed by atoms with van der Waals surface area (Å²) in [5.74, 6) is 1.11. The summed E-state index contributed by atoms with van der Waals surface area (Å²) in [4.78, 5) is 8.02. The van der Waals surface area contributed by atoms with Gasteiger partial charge in [0.25, 0.3) is 0 Å². The van der Waals surface area contributed by atoms with E-state index in [4.69, 9.17) is 4.74 Å². The molecule has 0 aliphatic rings. The minimum Gasteiger partial charge on any atom is -0.421 e. The largest absolute Gasteiger partial charge is 0.421 e. The monoisotopic (exact) mass is 206 g/mol. The highest BCUT2D eigenvalue weighted by molar-refractivity contribution is 6.92. The summed E-state index contributed by atoms with van der Waals surface area (Å²) in [6.45, 7) is 0. The van der Waals surface area contributed by atoms with Gasteiger partial charge in [-0.1, -0.05) is 12.1 Å². The summed E-state index contributed by atoms with van der Waals surface area (Å²) in [7, 11) is 0. The van der Waals surface area contributed by atoms with Crippen molar-refractivity contribution in [3.05, 3.63) is 48.8 Å². The molecule has 2 aromatic heterocycles. The fourth-order valence-corrected chi connectivity index (χ4v) is 0.922. The van der Waals surface area contributed by atoms with Crippen molar-refractivity contribution in [2.24, 2.45) is 0 Å². The van der Waals surface area contributed by atoms with Gasteiger partial charge in [-0.3, -0.25) is 0 Å². The molecule has 3 nitrogen and oxygen atoms in total. The topological polar surface area (TPSA) is 35.0 Å². The zero-order valence-corrected chi connectivity index (χ0v) is 9.04. The Kier molecular flexibility index (Phi) is 4.02. The van der Waals surface area contributed by atoms with Crippen molar-refractivity contribution < 1.29 is 4.74 Å². The van der Waals surface area contributed by atoms with E-state index in [-0.39, 0.29) is 9.90 Å². The van der Waals surface area contributed by atoms with Gasteiger partial charge in [-0.25, -0.2) is 9.97 Å². The second kappa shape index (κ2) is 5.30. The van der Waals surface area contributed by atoms with Crippen molar-refractivity contribution in [2.75, 3.05) is 0 Å². The van der Waals surface area contributed by atoms with Gasteiger partial charge in [0.05, 0.1) is 0 Å². The summed E-state index contributed by atoms with van der Waals surface area (Å²) in [6, 6.07) is 11.0. The molecule has 0 N–H and O–H groups in total. The van der Waals surface area contributed by atoms with Gasteiger partial charge in [-0.05, 0) is 12.1 Å². The van der Waals surface area contributed by atoms with E-state index >= 15 is 0 Å². The number of aromatic nitrogens is 2. The average molecular weight is 206 g/mol. The Bertz CT molecular complexity index is 329. The molecular weight excluding hydrogens is 195 g/mol. The van der Waals surface area contributed by atoms with Crippen LogP contribution in [-0.4, -0.2) is 9.97 Å². The van der Waals surface area contributed by atoms with Crippen molar-refractivity contribution in [2.45, 2.75) is 0 Å². The third-order valence-electron chi connectivity index (χ3n) is 1.48. The first-order valence-corrected chi connectivity index (χ1v) is 3.95. The highest BCUT2D eigenvalue weighted by Crippen LogP contribution is 2.14. The molecule has 0 saturated heterocycles. The lowest BCUT2D eigenvalue weighted by molar-refractivity contribution is 0.445. The number of nitrogens with zero attached hydrogens (tertiary/aromatic N) is 2. The minimum atomic E-state index is 0. The summed E-state index contributed by atoms with van der Waals surface area (Å²) >= 11 is 0. The molecular formula is C10H11N2OP. The van der Waals surface area contributed by atoms with Crippen molar-refractivity contribution in [3.8, 4) is 11.8 Å². The van der Waals surface area contributed by atoms with Gasteiger partial charge in [0.2, 0.25) is 11.8 Å². The van der Waals surface area contributed by atoms with E-state index in [1.54, 1.807) is 24.5 Å². The Morgan fingerprint density at radius 3 is 1.64 bits per heavy atom. The van der Waals surface area contributed by atoms with Crippen LogP contribution in [0, 0.1) is 0 Å². The van der Waals surface area contributed by atoms with E-state index in [9.17, 15) is 0 Å². The SMILES string of the molecule is P.c1ccc(Oc2ccccn2)nc1. The molecule has 0 fully saturated rings. The van der Waals surface area contributed by atoms with Gasteiger partial charge >= 0.3 is 0 Å². The third kappa shape index (κ3) is 2.79. The summed E-state index contributed by atoms with van der Waals surface area (Å²) < 4.78 is 5.36. The van der Waals surface area contributed by atoms with E-state index in [1.165, 1.54) is 0 Å². The van der Waals surface area contributed by atoms with Crippen LogP contribution in [0.5, 0.6) is 11.8 Å².